The Balaban J connectivity index is 1.73. The van der Waals surface area contributed by atoms with Crippen LogP contribution in [0.2, 0.25) is 0 Å². The van der Waals surface area contributed by atoms with Crippen molar-refractivity contribution < 1.29 is 35.1 Å². The van der Waals surface area contributed by atoms with E-state index in [1.807, 2.05) is 9.97 Å². The van der Waals surface area contributed by atoms with E-state index in [1.54, 1.807) is 0 Å². The summed E-state index contributed by atoms with van der Waals surface area (Å²) in [6.07, 6.45) is -3.99. The summed E-state index contributed by atoms with van der Waals surface area (Å²) in [5.74, 6) is -4.59. The molecule has 0 aliphatic carbocycles. The Morgan fingerprint density at radius 2 is 1.56 bits per heavy atom. The van der Waals surface area contributed by atoms with Crippen molar-refractivity contribution >= 4 is 23.5 Å². The number of aromatic nitrogens is 6. The van der Waals surface area contributed by atoms with Crippen LogP contribution in [0.15, 0.2) is 31.7 Å². The summed E-state index contributed by atoms with van der Waals surface area (Å²) >= 11 is 0. The van der Waals surface area contributed by atoms with Gasteiger partial charge in [-0.3, -0.25) is 34.3 Å². The van der Waals surface area contributed by atoms with Crippen LogP contribution in [0.3, 0.4) is 0 Å². The molecule has 19 nitrogen and oxygen atoms in total. The first kappa shape index (κ1) is 29.1. The maximum Gasteiger partial charge on any atom is 0.327 e. The molecular weight excluding hydrogens is 552 g/mol. The van der Waals surface area contributed by atoms with Gasteiger partial charge in [0.15, 0.2) is 0 Å². The van der Waals surface area contributed by atoms with Crippen LogP contribution < -0.4 is 32.7 Å². The van der Waals surface area contributed by atoms with Crippen LogP contribution in [0.1, 0.15) is 29.2 Å². The first-order valence-corrected chi connectivity index (χ1v) is 12.1. The summed E-state index contributed by atoms with van der Waals surface area (Å²) in [6, 6.07) is -1.35. The molecule has 0 aromatic carbocycles. The molecule has 220 valence electrons. The number of aliphatic hydroxyl groups is 4. The second-order valence-electron chi connectivity index (χ2n) is 9.19. The predicted molar refractivity (Wildman–Crippen MR) is 136 cm³/mol. The Bertz CT molecular complexity index is 1580. The van der Waals surface area contributed by atoms with Gasteiger partial charge in [-0.25, -0.2) is 19.4 Å². The summed E-state index contributed by atoms with van der Waals surface area (Å²) in [5, 5.41) is 52.3. The number of nitrogens with zero attached hydrogens (tertiary/aromatic N) is 2. The van der Waals surface area contributed by atoms with Crippen molar-refractivity contribution in [3.63, 3.8) is 0 Å². The molecule has 19 heteroatoms. The Labute approximate surface area is 226 Å². The minimum Gasteiger partial charge on any atom is -0.480 e. The molecule has 41 heavy (non-hydrogen) atoms. The molecule has 1 aliphatic heterocycles. The number of hydrogen-bond donors (Lipinski definition) is 11. The summed E-state index contributed by atoms with van der Waals surface area (Å²) in [5.41, 5.74) is -4.77. The van der Waals surface area contributed by atoms with Gasteiger partial charge in [0.2, 0.25) is 5.91 Å². The molecule has 0 bridgehead atoms. The highest BCUT2D eigenvalue weighted by Crippen LogP contribution is 2.41. The number of carbonyl (C=O) groups is 2. The van der Waals surface area contributed by atoms with E-state index in [0.717, 1.165) is 4.90 Å². The third kappa shape index (κ3) is 5.87. The van der Waals surface area contributed by atoms with Crippen LogP contribution in [-0.4, -0.2) is 105 Å². The maximum atomic E-state index is 13.0. The summed E-state index contributed by atoms with van der Waals surface area (Å²) in [4.78, 5) is 90.8. The average molecular weight is 578 g/mol. The van der Waals surface area contributed by atoms with Crippen molar-refractivity contribution in [3.8, 4) is 0 Å². The number of fused-ring (bicyclic) bond motifs is 2. The highest BCUT2D eigenvalue weighted by molar-refractivity contribution is 5.84. The fraction of sp³-hybridized carbons (Fsp3) is 0.409. The molecule has 0 saturated carbocycles. The zero-order valence-electron chi connectivity index (χ0n) is 20.9. The average Bonchev–Trinajstić information content (AvgIpc) is 3.42. The molecule has 1 aliphatic rings. The normalized spacial score (nSPS) is 15.9. The molecular formula is C22H26N8O11. The third-order valence-electron chi connectivity index (χ3n) is 6.53. The van der Waals surface area contributed by atoms with Crippen molar-refractivity contribution in [1.82, 2.24) is 35.2 Å². The number of amides is 1. The second kappa shape index (κ2) is 11.7. The van der Waals surface area contributed by atoms with Gasteiger partial charge in [0.25, 0.3) is 11.1 Å². The number of nitrogens with one attached hydrogen (secondary N) is 6. The molecule has 0 fully saturated rings. The standard InChI is InChI=1S/C22H26N8O11/c31-5-9(32)14(34)15(35)11-12-16(26-21(40)28-18(12)36)30(17-13(11)19(37)29-22(41)27-17)2-1-10(33)25-8(20(38)39)3-7-4-23-6-24-7/h4,6,8-9,11,14-15,31-32,34-35H,1-3,5H2,(H,23,24)(H,25,33)(H,38,39)(H2,26,28,36,40)(H2,27,29,37,41)/t8-,9+,14+,15-/m0/s1. The van der Waals surface area contributed by atoms with Gasteiger partial charge >= 0.3 is 17.3 Å². The Hall–Kier alpha value is -4.85. The van der Waals surface area contributed by atoms with Crippen LogP contribution in [0, 0.1) is 0 Å². The number of carboxylic acids is 1. The lowest BCUT2D eigenvalue weighted by atomic mass is 9.82. The number of rotatable bonds is 11. The summed E-state index contributed by atoms with van der Waals surface area (Å²) < 4.78 is 0. The zero-order valence-corrected chi connectivity index (χ0v) is 20.9. The van der Waals surface area contributed by atoms with Crippen LogP contribution in [0.25, 0.3) is 0 Å². The smallest absolute Gasteiger partial charge is 0.327 e. The van der Waals surface area contributed by atoms with Crippen LogP contribution >= 0.6 is 0 Å². The fourth-order valence-electron chi connectivity index (χ4n) is 4.62. The van der Waals surface area contributed by atoms with E-state index in [9.17, 15) is 54.3 Å². The molecule has 0 unspecified atom stereocenters. The number of carboxylic acid groups (broad SMARTS) is 1. The SMILES string of the molecule is O=C(CCN1c2[nH]c(=O)[nH]c(=O)c2C([C@H](O)[C@H](O)[C@H](O)CO)c2c1[nH]c(=O)[nH]c2=O)N[C@@H](Cc1cnc[nH]1)C(=O)O. The molecule has 3 aromatic heterocycles. The predicted octanol–water partition coefficient (Wildman–Crippen LogP) is -4.98. The van der Waals surface area contributed by atoms with Crippen LogP contribution in [0.5, 0.6) is 0 Å². The number of aliphatic hydroxyl groups excluding tert-OH is 4. The van der Waals surface area contributed by atoms with E-state index in [2.05, 4.69) is 25.3 Å². The molecule has 1 amide bonds. The number of hydrogen-bond acceptors (Lipinski definition) is 12. The lowest BCUT2D eigenvalue weighted by Gasteiger charge is -2.38. The lowest BCUT2D eigenvalue weighted by Crippen LogP contribution is -2.50. The molecule has 3 aromatic rings. The Morgan fingerprint density at radius 1 is 0.976 bits per heavy atom. The first-order chi connectivity index (χ1) is 19.4. The quantitative estimate of drug-likeness (QED) is 0.102. The van der Waals surface area contributed by atoms with Crippen molar-refractivity contribution in [3.05, 3.63) is 71.0 Å². The van der Waals surface area contributed by atoms with E-state index >= 15 is 0 Å². The van der Waals surface area contributed by atoms with Gasteiger partial charge in [0.1, 0.15) is 29.9 Å². The number of H-pyrrole nitrogens is 5. The van der Waals surface area contributed by atoms with E-state index in [-0.39, 0.29) is 18.1 Å². The Morgan fingerprint density at radius 3 is 2.05 bits per heavy atom. The zero-order chi connectivity index (χ0) is 30.0. The monoisotopic (exact) mass is 578 g/mol. The van der Waals surface area contributed by atoms with Gasteiger partial charge in [-0.1, -0.05) is 0 Å². The van der Waals surface area contributed by atoms with Gasteiger partial charge < -0.3 is 40.7 Å². The van der Waals surface area contributed by atoms with E-state index in [1.165, 1.54) is 12.5 Å². The molecule has 0 radical (unpaired) electrons. The molecule has 4 rings (SSSR count). The number of aliphatic carboxylic acids is 1. The second-order valence-corrected chi connectivity index (χ2v) is 9.19. The lowest BCUT2D eigenvalue weighted by molar-refractivity contribution is -0.141. The summed E-state index contributed by atoms with van der Waals surface area (Å²) in [7, 11) is 0. The van der Waals surface area contributed by atoms with Crippen molar-refractivity contribution in [2.24, 2.45) is 0 Å². The van der Waals surface area contributed by atoms with E-state index in [0.29, 0.717) is 5.69 Å². The number of anilines is 2. The van der Waals surface area contributed by atoms with Crippen molar-refractivity contribution in [1.29, 1.82) is 0 Å². The number of imidazole rings is 1. The summed E-state index contributed by atoms with van der Waals surface area (Å²) in [6.45, 7) is -1.42. The highest BCUT2D eigenvalue weighted by atomic mass is 16.4. The molecule has 0 saturated heterocycles. The van der Waals surface area contributed by atoms with Gasteiger partial charge in [-0.15, -0.1) is 0 Å². The van der Waals surface area contributed by atoms with Gasteiger partial charge in [0, 0.05) is 31.3 Å². The molecule has 11 N–H and O–H groups in total. The van der Waals surface area contributed by atoms with Gasteiger partial charge in [-0.2, -0.15) is 0 Å². The number of aromatic amines is 5. The topological polar surface area (TPSA) is 311 Å². The fourth-order valence-corrected chi connectivity index (χ4v) is 4.62. The molecule has 4 heterocycles. The molecule has 4 atom stereocenters. The Kier molecular flexibility index (Phi) is 8.33. The minimum absolute atomic E-state index is 0.122. The first-order valence-electron chi connectivity index (χ1n) is 12.1. The van der Waals surface area contributed by atoms with E-state index in [4.69, 9.17) is 0 Å². The third-order valence-corrected chi connectivity index (χ3v) is 6.53. The van der Waals surface area contributed by atoms with Gasteiger partial charge in [0.05, 0.1) is 36.1 Å². The molecule has 0 spiro atoms. The van der Waals surface area contributed by atoms with Crippen molar-refractivity contribution in [2.45, 2.75) is 43.1 Å². The van der Waals surface area contributed by atoms with Crippen LogP contribution in [-0.2, 0) is 16.0 Å². The van der Waals surface area contributed by atoms with E-state index < -0.39 is 95.3 Å². The van der Waals surface area contributed by atoms with Gasteiger partial charge in [-0.05, 0) is 0 Å². The number of carbonyl (C=O) groups excluding carboxylic acids is 1. The van der Waals surface area contributed by atoms with Crippen molar-refractivity contribution in [2.75, 3.05) is 18.1 Å². The minimum atomic E-state index is -2.11. The maximum absolute atomic E-state index is 13.0. The largest absolute Gasteiger partial charge is 0.480 e. The highest BCUT2D eigenvalue weighted by Gasteiger charge is 2.44. The van der Waals surface area contributed by atoms with Crippen LogP contribution in [0.4, 0.5) is 11.6 Å².